The lowest BCUT2D eigenvalue weighted by atomic mass is 10.1. The van der Waals surface area contributed by atoms with Crippen LogP contribution >= 0.6 is 0 Å². The van der Waals surface area contributed by atoms with Crippen LogP contribution in [0, 0.1) is 5.82 Å². The third-order valence-electron chi connectivity index (χ3n) is 4.57. The Morgan fingerprint density at radius 3 is 2.72 bits per heavy atom. The van der Waals surface area contributed by atoms with E-state index in [0.717, 1.165) is 42.1 Å². The fourth-order valence-electron chi connectivity index (χ4n) is 3.32. The topological polar surface area (TPSA) is 84.9 Å². The van der Waals surface area contributed by atoms with Crippen LogP contribution in [0.5, 0.6) is 0 Å². The van der Waals surface area contributed by atoms with E-state index in [1.807, 2.05) is 7.05 Å². The molecule has 3 heterocycles. The number of hydrogen-bond donors (Lipinski definition) is 2. The molecule has 0 aliphatic carbocycles. The highest BCUT2D eigenvalue weighted by Gasteiger charge is 2.26. The predicted octanol–water partition coefficient (Wildman–Crippen LogP) is 1.55. The largest absolute Gasteiger partial charge is 0.368 e. The van der Waals surface area contributed by atoms with Crippen molar-refractivity contribution in [2.75, 3.05) is 30.3 Å². The predicted molar refractivity (Wildman–Crippen MR) is 95.8 cm³/mol. The van der Waals surface area contributed by atoms with Crippen molar-refractivity contribution >= 4 is 22.8 Å². The van der Waals surface area contributed by atoms with Crippen LogP contribution in [0.15, 0.2) is 24.3 Å². The molecular weight excluding hydrogens is 321 g/mol. The van der Waals surface area contributed by atoms with Crippen LogP contribution in [-0.4, -0.2) is 45.4 Å². The minimum Gasteiger partial charge on any atom is -0.368 e. The molecule has 0 unspecified atom stereocenters. The molecule has 0 saturated carbocycles. The molecule has 2 aromatic heterocycles. The Kier molecular flexibility index (Phi) is 3.76. The number of fused-ring (bicyclic) bond motifs is 1. The van der Waals surface area contributed by atoms with Crippen LogP contribution in [0.3, 0.4) is 0 Å². The molecule has 1 aromatic carbocycles. The van der Waals surface area contributed by atoms with E-state index in [1.165, 1.54) is 12.1 Å². The van der Waals surface area contributed by atoms with Gasteiger partial charge in [0.15, 0.2) is 5.65 Å². The number of aryl methyl sites for hydroxylation is 1. The van der Waals surface area contributed by atoms with Gasteiger partial charge in [0.05, 0.1) is 5.39 Å². The second-order valence-corrected chi connectivity index (χ2v) is 6.33. The molecule has 8 heteroatoms. The number of anilines is 2. The molecule has 0 radical (unpaired) electrons. The Morgan fingerprint density at radius 2 is 2.00 bits per heavy atom. The zero-order valence-corrected chi connectivity index (χ0v) is 14.2. The SMILES string of the molecule is C[C@H]1CNCCN1c1nc(N)nc2c1c(-c1ccc(F)cc1)nn2C. The summed E-state index contributed by atoms with van der Waals surface area (Å²) in [4.78, 5) is 11.1. The highest BCUT2D eigenvalue weighted by atomic mass is 19.1. The van der Waals surface area contributed by atoms with Crippen LogP contribution in [-0.2, 0) is 7.05 Å². The van der Waals surface area contributed by atoms with Crippen LogP contribution in [0.2, 0.25) is 0 Å². The molecule has 3 aromatic rings. The van der Waals surface area contributed by atoms with Crippen LogP contribution in [0.25, 0.3) is 22.3 Å². The van der Waals surface area contributed by atoms with Gasteiger partial charge in [-0.25, -0.2) is 9.07 Å². The van der Waals surface area contributed by atoms with Gasteiger partial charge < -0.3 is 16.0 Å². The molecule has 3 N–H and O–H groups in total. The van der Waals surface area contributed by atoms with Gasteiger partial charge in [0.25, 0.3) is 0 Å². The fraction of sp³-hybridized carbons (Fsp3) is 0.353. The monoisotopic (exact) mass is 341 g/mol. The fourth-order valence-corrected chi connectivity index (χ4v) is 3.32. The number of rotatable bonds is 2. The number of nitrogens with two attached hydrogens (primary N) is 1. The van der Waals surface area contributed by atoms with E-state index in [9.17, 15) is 4.39 Å². The van der Waals surface area contributed by atoms with Gasteiger partial charge in [-0.15, -0.1) is 0 Å². The minimum absolute atomic E-state index is 0.224. The first-order chi connectivity index (χ1) is 12.0. The summed E-state index contributed by atoms with van der Waals surface area (Å²) in [6.07, 6.45) is 0. The quantitative estimate of drug-likeness (QED) is 0.736. The Hall–Kier alpha value is -2.74. The minimum atomic E-state index is -0.277. The van der Waals surface area contributed by atoms with Gasteiger partial charge in [-0.3, -0.25) is 0 Å². The summed E-state index contributed by atoms with van der Waals surface area (Å²) >= 11 is 0. The third kappa shape index (κ3) is 2.68. The standard InChI is InChI=1S/C17H20FN7/c1-10-9-20-7-8-25(10)16-13-14(11-3-5-12(18)6-4-11)23-24(2)15(13)21-17(19)22-16/h3-6,10,20H,7-9H2,1-2H3,(H2,19,21,22)/t10-/m0/s1. The van der Waals surface area contributed by atoms with Crippen molar-refractivity contribution in [3.8, 4) is 11.3 Å². The number of hydrogen-bond acceptors (Lipinski definition) is 6. The highest BCUT2D eigenvalue weighted by Crippen LogP contribution is 2.34. The molecule has 1 fully saturated rings. The second kappa shape index (κ2) is 5.96. The molecule has 1 aliphatic rings. The Bertz CT molecular complexity index is 919. The number of nitrogen functional groups attached to an aromatic ring is 1. The average molecular weight is 341 g/mol. The van der Waals surface area contributed by atoms with Gasteiger partial charge in [-0.2, -0.15) is 15.1 Å². The molecule has 0 bridgehead atoms. The van der Waals surface area contributed by atoms with E-state index >= 15 is 0 Å². The second-order valence-electron chi connectivity index (χ2n) is 6.33. The van der Waals surface area contributed by atoms with Gasteiger partial charge in [-0.1, -0.05) is 0 Å². The summed E-state index contributed by atoms with van der Waals surface area (Å²) in [6.45, 7) is 4.72. The molecule has 1 saturated heterocycles. The van der Waals surface area contributed by atoms with E-state index in [-0.39, 0.29) is 17.8 Å². The zero-order valence-electron chi connectivity index (χ0n) is 14.2. The van der Waals surface area contributed by atoms with Crippen molar-refractivity contribution in [1.29, 1.82) is 0 Å². The van der Waals surface area contributed by atoms with E-state index < -0.39 is 0 Å². The van der Waals surface area contributed by atoms with Crippen molar-refractivity contribution in [1.82, 2.24) is 25.1 Å². The number of nitrogens with one attached hydrogen (secondary N) is 1. The summed E-state index contributed by atoms with van der Waals surface area (Å²) < 4.78 is 15.0. The van der Waals surface area contributed by atoms with Crippen LogP contribution in [0.1, 0.15) is 6.92 Å². The summed E-state index contributed by atoms with van der Waals surface area (Å²) in [7, 11) is 1.83. The van der Waals surface area contributed by atoms with E-state index in [1.54, 1.807) is 16.8 Å². The van der Waals surface area contributed by atoms with Crippen LogP contribution < -0.4 is 16.0 Å². The van der Waals surface area contributed by atoms with Gasteiger partial charge in [0.1, 0.15) is 17.3 Å². The van der Waals surface area contributed by atoms with Crippen molar-refractivity contribution in [2.24, 2.45) is 7.05 Å². The van der Waals surface area contributed by atoms with E-state index in [4.69, 9.17) is 5.73 Å². The van der Waals surface area contributed by atoms with E-state index in [2.05, 4.69) is 32.2 Å². The van der Waals surface area contributed by atoms with Gasteiger partial charge in [-0.05, 0) is 31.2 Å². The number of aromatic nitrogens is 4. The molecule has 7 nitrogen and oxygen atoms in total. The Morgan fingerprint density at radius 1 is 1.24 bits per heavy atom. The third-order valence-corrected chi connectivity index (χ3v) is 4.57. The summed E-state index contributed by atoms with van der Waals surface area (Å²) in [6, 6.07) is 6.58. The highest BCUT2D eigenvalue weighted by molar-refractivity contribution is 6.00. The zero-order chi connectivity index (χ0) is 17.6. The van der Waals surface area contributed by atoms with Crippen molar-refractivity contribution < 1.29 is 4.39 Å². The molecule has 130 valence electrons. The molecule has 0 amide bonds. The molecule has 1 atom stereocenters. The summed E-state index contributed by atoms with van der Waals surface area (Å²) in [5, 5.41) is 8.83. The van der Waals surface area contributed by atoms with Gasteiger partial charge in [0.2, 0.25) is 5.95 Å². The average Bonchev–Trinajstić information content (AvgIpc) is 2.92. The molecular formula is C17H20FN7. The Labute approximate surface area is 144 Å². The first-order valence-corrected chi connectivity index (χ1v) is 8.28. The van der Waals surface area contributed by atoms with Gasteiger partial charge in [0, 0.05) is 38.3 Å². The normalized spacial score (nSPS) is 18.0. The van der Waals surface area contributed by atoms with Gasteiger partial charge >= 0.3 is 0 Å². The van der Waals surface area contributed by atoms with Crippen LogP contribution in [0.4, 0.5) is 16.2 Å². The maximum Gasteiger partial charge on any atom is 0.224 e. The van der Waals surface area contributed by atoms with Crippen molar-refractivity contribution in [2.45, 2.75) is 13.0 Å². The van der Waals surface area contributed by atoms with Crippen molar-refractivity contribution in [3.63, 3.8) is 0 Å². The molecule has 0 spiro atoms. The maximum absolute atomic E-state index is 13.3. The van der Waals surface area contributed by atoms with E-state index in [0.29, 0.717) is 5.65 Å². The first kappa shape index (κ1) is 15.8. The van der Waals surface area contributed by atoms with Crippen molar-refractivity contribution in [3.05, 3.63) is 30.1 Å². The number of nitrogens with zero attached hydrogens (tertiary/aromatic N) is 5. The lowest BCUT2D eigenvalue weighted by Gasteiger charge is -2.35. The number of benzene rings is 1. The Balaban J connectivity index is 1.97. The molecule has 1 aliphatic heterocycles. The number of piperazine rings is 1. The molecule has 4 rings (SSSR count). The lowest BCUT2D eigenvalue weighted by Crippen LogP contribution is -2.50. The number of halogens is 1. The summed E-state index contributed by atoms with van der Waals surface area (Å²) in [5.74, 6) is 0.728. The first-order valence-electron chi connectivity index (χ1n) is 8.28. The summed E-state index contributed by atoms with van der Waals surface area (Å²) in [5.41, 5.74) is 8.19. The maximum atomic E-state index is 13.3. The lowest BCUT2D eigenvalue weighted by molar-refractivity contribution is 0.498. The molecule has 25 heavy (non-hydrogen) atoms. The smallest absolute Gasteiger partial charge is 0.224 e.